The predicted octanol–water partition coefficient (Wildman–Crippen LogP) is 3.49. The van der Waals surface area contributed by atoms with Gasteiger partial charge in [-0.1, -0.05) is 30.7 Å². The van der Waals surface area contributed by atoms with Gasteiger partial charge in [0, 0.05) is 48.8 Å². The third kappa shape index (κ3) is 5.31. The van der Waals surface area contributed by atoms with Gasteiger partial charge in [-0.3, -0.25) is 4.79 Å². The van der Waals surface area contributed by atoms with Crippen LogP contribution in [0.5, 0.6) is 0 Å². The van der Waals surface area contributed by atoms with E-state index in [1.165, 1.54) is 0 Å². The van der Waals surface area contributed by atoms with Gasteiger partial charge < -0.3 is 20.2 Å². The molecule has 1 aromatic carbocycles. The van der Waals surface area contributed by atoms with Gasteiger partial charge in [0.2, 0.25) is 5.91 Å². The van der Waals surface area contributed by atoms with E-state index in [1.54, 1.807) is 6.33 Å². The largest absolute Gasteiger partial charge is 0.387 e. The number of fused-ring (bicyclic) bond motifs is 1. The van der Waals surface area contributed by atoms with Gasteiger partial charge in [-0.25, -0.2) is 9.97 Å². The molecule has 2 aromatic rings. The number of nitrogens with zero attached hydrogens (tertiary/aromatic N) is 4. The molecule has 1 aromatic heterocycles. The lowest BCUT2D eigenvalue weighted by Crippen LogP contribution is -2.52. The summed E-state index contributed by atoms with van der Waals surface area (Å²) < 4.78 is 0. The molecule has 178 valence electrons. The zero-order chi connectivity index (χ0) is 23.8. The molecule has 2 heterocycles. The molecule has 1 fully saturated rings. The number of piperazine rings is 1. The van der Waals surface area contributed by atoms with Crippen molar-refractivity contribution in [1.82, 2.24) is 20.2 Å². The standard InChI is InChI=1S/C25H34ClN5O2/c1-16-13-20(32)22-21(16)23(28-15-27-22)30-9-11-31(12-10-30)24(33)19(14-29-25(2,3)4)17-5-7-18(26)8-6-17/h5-8,15-16,19-20,29,32H,9-14H2,1-4H3/t16-,19+,20-/m1/s1. The first-order valence-electron chi connectivity index (χ1n) is 11.7. The third-order valence-electron chi connectivity index (χ3n) is 6.58. The first-order valence-corrected chi connectivity index (χ1v) is 12.1. The van der Waals surface area contributed by atoms with Gasteiger partial charge in [-0.05, 0) is 50.8 Å². The molecule has 1 saturated heterocycles. The Morgan fingerprint density at radius 2 is 1.85 bits per heavy atom. The maximum absolute atomic E-state index is 13.6. The second-order valence-electron chi connectivity index (χ2n) is 10.2. The van der Waals surface area contributed by atoms with E-state index in [9.17, 15) is 9.90 Å². The number of hydrogen-bond donors (Lipinski definition) is 2. The maximum atomic E-state index is 13.6. The fourth-order valence-electron chi connectivity index (χ4n) is 4.76. The van der Waals surface area contributed by atoms with Crippen LogP contribution in [0, 0.1) is 0 Å². The first kappa shape index (κ1) is 23.9. The quantitative estimate of drug-likeness (QED) is 0.694. The van der Waals surface area contributed by atoms with E-state index in [2.05, 4.69) is 47.9 Å². The number of aliphatic hydroxyl groups excluding tert-OH is 1. The van der Waals surface area contributed by atoms with Crippen LogP contribution in [0.1, 0.15) is 68.9 Å². The number of rotatable bonds is 5. The minimum Gasteiger partial charge on any atom is -0.387 e. The van der Waals surface area contributed by atoms with Gasteiger partial charge in [0.15, 0.2) is 0 Å². The van der Waals surface area contributed by atoms with Crippen LogP contribution >= 0.6 is 11.6 Å². The fraction of sp³-hybridized carbons (Fsp3) is 0.560. The molecule has 1 aliphatic heterocycles. The lowest BCUT2D eigenvalue weighted by Gasteiger charge is -2.38. The van der Waals surface area contributed by atoms with Crippen LogP contribution in [0.15, 0.2) is 30.6 Å². The van der Waals surface area contributed by atoms with Crippen LogP contribution < -0.4 is 10.2 Å². The molecule has 4 rings (SSSR count). The van der Waals surface area contributed by atoms with Crippen molar-refractivity contribution in [2.75, 3.05) is 37.6 Å². The molecule has 0 radical (unpaired) electrons. The van der Waals surface area contributed by atoms with Crippen molar-refractivity contribution in [3.8, 4) is 0 Å². The monoisotopic (exact) mass is 471 g/mol. The van der Waals surface area contributed by atoms with Crippen molar-refractivity contribution in [2.24, 2.45) is 0 Å². The Morgan fingerprint density at radius 1 is 1.18 bits per heavy atom. The lowest BCUT2D eigenvalue weighted by molar-refractivity contribution is -0.133. The maximum Gasteiger partial charge on any atom is 0.231 e. The van der Waals surface area contributed by atoms with Gasteiger partial charge in [-0.15, -0.1) is 0 Å². The molecule has 2 aliphatic rings. The molecule has 0 unspecified atom stereocenters. The number of amides is 1. The summed E-state index contributed by atoms with van der Waals surface area (Å²) in [6.45, 7) is 11.7. The summed E-state index contributed by atoms with van der Waals surface area (Å²) in [5.41, 5.74) is 2.69. The number of aromatic nitrogens is 2. The number of halogens is 1. The van der Waals surface area contributed by atoms with Crippen molar-refractivity contribution < 1.29 is 9.90 Å². The molecule has 8 heteroatoms. The van der Waals surface area contributed by atoms with Crippen molar-refractivity contribution in [3.05, 3.63) is 52.4 Å². The Labute approximate surface area is 201 Å². The van der Waals surface area contributed by atoms with Crippen molar-refractivity contribution in [2.45, 2.75) is 57.6 Å². The number of nitrogens with one attached hydrogen (secondary N) is 1. The highest BCUT2D eigenvalue weighted by molar-refractivity contribution is 6.30. The van der Waals surface area contributed by atoms with E-state index >= 15 is 0 Å². The van der Waals surface area contributed by atoms with Crippen LogP contribution in [0.2, 0.25) is 5.02 Å². The number of carbonyl (C=O) groups excluding carboxylic acids is 1. The molecule has 0 bridgehead atoms. The molecular formula is C25H34ClN5O2. The van der Waals surface area contributed by atoms with Crippen molar-refractivity contribution in [3.63, 3.8) is 0 Å². The van der Waals surface area contributed by atoms with Gasteiger partial charge in [0.05, 0.1) is 17.7 Å². The Hall–Kier alpha value is -2.22. The smallest absolute Gasteiger partial charge is 0.231 e. The van der Waals surface area contributed by atoms with Crippen LogP contribution in [-0.2, 0) is 4.79 Å². The number of carbonyl (C=O) groups is 1. The molecule has 0 spiro atoms. The van der Waals surface area contributed by atoms with Crippen LogP contribution in [0.3, 0.4) is 0 Å². The molecule has 3 atom stereocenters. The molecule has 1 amide bonds. The number of benzene rings is 1. The minimum atomic E-state index is -0.518. The molecule has 0 saturated carbocycles. The zero-order valence-electron chi connectivity index (χ0n) is 19.9. The summed E-state index contributed by atoms with van der Waals surface area (Å²) in [7, 11) is 0. The van der Waals surface area contributed by atoms with Crippen molar-refractivity contribution >= 4 is 23.3 Å². The van der Waals surface area contributed by atoms with Crippen molar-refractivity contribution in [1.29, 1.82) is 0 Å². The summed E-state index contributed by atoms with van der Waals surface area (Å²) in [5, 5.41) is 14.5. The zero-order valence-corrected chi connectivity index (χ0v) is 20.6. The summed E-state index contributed by atoms with van der Waals surface area (Å²) in [5.74, 6) is 0.986. The second-order valence-corrected chi connectivity index (χ2v) is 10.6. The van der Waals surface area contributed by atoms with E-state index in [1.807, 2.05) is 29.2 Å². The fourth-order valence-corrected chi connectivity index (χ4v) is 4.89. The minimum absolute atomic E-state index is 0.0850. The molecular weight excluding hydrogens is 438 g/mol. The van der Waals surface area contributed by atoms with Crippen LogP contribution in [-0.4, -0.2) is 64.1 Å². The summed E-state index contributed by atoms with van der Waals surface area (Å²) in [4.78, 5) is 26.7. The lowest BCUT2D eigenvalue weighted by atomic mass is 9.95. The van der Waals surface area contributed by atoms with Gasteiger partial charge in [-0.2, -0.15) is 0 Å². The predicted molar refractivity (Wildman–Crippen MR) is 131 cm³/mol. The van der Waals surface area contributed by atoms with Gasteiger partial charge in [0.25, 0.3) is 0 Å². The van der Waals surface area contributed by atoms with Crippen LogP contribution in [0.25, 0.3) is 0 Å². The number of aliphatic hydroxyl groups is 1. The number of anilines is 1. The summed E-state index contributed by atoms with van der Waals surface area (Å²) in [6, 6.07) is 7.58. The Morgan fingerprint density at radius 3 is 2.48 bits per heavy atom. The highest BCUT2D eigenvalue weighted by atomic mass is 35.5. The second kappa shape index (κ2) is 9.57. The molecule has 33 heavy (non-hydrogen) atoms. The summed E-state index contributed by atoms with van der Waals surface area (Å²) >= 11 is 6.09. The van der Waals surface area contributed by atoms with Crippen LogP contribution in [0.4, 0.5) is 5.82 Å². The Bertz CT molecular complexity index is 983. The third-order valence-corrected chi connectivity index (χ3v) is 6.83. The normalized spacial score (nSPS) is 21.8. The van der Waals surface area contributed by atoms with E-state index < -0.39 is 6.10 Å². The van der Waals surface area contributed by atoms with E-state index in [-0.39, 0.29) is 23.3 Å². The number of hydrogen-bond acceptors (Lipinski definition) is 6. The average Bonchev–Trinajstić information content (AvgIpc) is 3.08. The topological polar surface area (TPSA) is 81.6 Å². The summed E-state index contributed by atoms with van der Waals surface area (Å²) in [6.07, 6.45) is 1.71. The van der Waals surface area contributed by atoms with E-state index in [0.717, 1.165) is 22.6 Å². The highest BCUT2D eigenvalue weighted by Crippen LogP contribution is 2.42. The Kier molecular flexibility index (Phi) is 6.93. The average molecular weight is 472 g/mol. The van der Waals surface area contributed by atoms with E-state index in [0.29, 0.717) is 44.2 Å². The Balaban J connectivity index is 1.48. The van der Waals surface area contributed by atoms with E-state index in [4.69, 9.17) is 11.6 Å². The van der Waals surface area contributed by atoms with Gasteiger partial charge in [0.1, 0.15) is 12.1 Å². The molecule has 1 aliphatic carbocycles. The first-order chi connectivity index (χ1) is 15.6. The van der Waals surface area contributed by atoms with Gasteiger partial charge >= 0.3 is 0 Å². The SMILES string of the molecule is C[C@@H]1C[C@@H](O)c2ncnc(N3CCN(C(=O)[C@@H](CNC(C)(C)C)c4ccc(Cl)cc4)CC3)c21. The molecule has 7 nitrogen and oxygen atoms in total. The molecule has 2 N–H and O–H groups in total. The highest BCUT2D eigenvalue weighted by Gasteiger charge is 2.35.